The zero-order valence-electron chi connectivity index (χ0n) is 16.0. The molecule has 1 aliphatic rings. The molecule has 4 nitrogen and oxygen atoms in total. The standard InChI is InChI=1S/C21H24BrNO3S/c1-13-11-19(26-5)14(2)15(3)21(13)27(24,25)23-18(20(23)16(4)22)12-17-9-7-6-8-10-17/h6-11,18,20H,4,12H2,1-3,5H3/t18-,20-,23?/m0/s1. The van der Waals surface area contributed by atoms with E-state index in [0.29, 0.717) is 27.1 Å². The van der Waals surface area contributed by atoms with E-state index in [0.717, 1.165) is 16.7 Å². The molecular weight excluding hydrogens is 426 g/mol. The summed E-state index contributed by atoms with van der Waals surface area (Å²) in [6, 6.07) is 11.4. The van der Waals surface area contributed by atoms with E-state index in [1.54, 1.807) is 17.5 Å². The van der Waals surface area contributed by atoms with Crippen molar-refractivity contribution in [2.24, 2.45) is 0 Å². The molecule has 144 valence electrons. The topological polar surface area (TPSA) is 46.4 Å². The molecule has 2 aromatic carbocycles. The van der Waals surface area contributed by atoms with Gasteiger partial charge in [-0.25, -0.2) is 8.42 Å². The number of nitrogens with zero attached hydrogens (tertiary/aromatic N) is 1. The van der Waals surface area contributed by atoms with Gasteiger partial charge in [0, 0.05) is 4.48 Å². The average Bonchev–Trinajstić information content (AvgIpc) is 3.34. The lowest BCUT2D eigenvalue weighted by atomic mass is 10.1. The van der Waals surface area contributed by atoms with Crippen molar-refractivity contribution in [1.29, 1.82) is 0 Å². The van der Waals surface area contributed by atoms with Crippen molar-refractivity contribution in [2.45, 2.75) is 44.2 Å². The minimum absolute atomic E-state index is 0.134. The Morgan fingerprint density at radius 1 is 1.19 bits per heavy atom. The Bertz CT molecular complexity index is 986. The molecule has 1 heterocycles. The van der Waals surface area contributed by atoms with Crippen molar-refractivity contribution in [3.05, 3.63) is 69.7 Å². The van der Waals surface area contributed by atoms with Crippen molar-refractivity contribution >= 4 is 26.0 Å². The molecule has 27 heavy (non-hydrogen) atoms. The van der Waals surface area contributed by atoms with E-state index in [-0.39, 0.29) is 12.1 Å². The van der Waals surface area contributed by atoms with Crippen LogP contribution in [0.2, 0.25) is 0 Å². The fraction of sp³-hybridized carbons (Fsp3) is 0.333. The summed E-state index contributed by atoms with van der Waals surface area (Å²) in [5.41, 5.74) is 3.38. The Balaban J connectivity index is 2.02. The van der Waals surface area contributed by atoms with Gasteiger partial charge in [-0.2, -0.15) is 4.31 Å². The average molecular weight is 450 g/mol. The Labute approximate surface area is 170 Å². The van der Waals surface area contributed by atoms with E-state index in [4.69, 9.17) is 4.74 Å². The van der Waals surface area contributed by atoms with E-state index >= 15 is 0 Å². The Morgan fingerprint density at radius 2 is 1.81 bits per heavy atom. The largest absolute Gasteiger partial charge is 0.496 e. The molecule has 0 aliphatic carbocycles. The van der Waals surface area contributed by atoms with Crippen LogP contribution in [0.1, 0.15) is 22.3 Å². The number of sulfonamides is 1. The van der Waals surface area contributed by atoms with Gasteiger partial charge < -0.3 is 4.74 Å². The van der Waals surface area contributed by atoms with Gasteiger partial charge in [0.15, 0.2) is 0 Å². The predicted octanol–water partition coefficient (Wildman–Crippen LogP) is 4.51. The number of hydrogen-bond donors (Lipinski definition) is 0. The van der Waals surface area contributed by atoms with E-state index in [9.17, 15) is 8.42 Å². The highest BCUT2D eigenvalue weighted by Crippen LogP contribution is 2.45. The number of ether oxygens (including phenoxy) is 1. The quantitative estimate of drug-likeness (QED) is 0.609. The molecule has 0 amide bonds. The lowest BCUT2D eigenvalue weighted by Gasteiger charge is -2.17. The fourth-order valence-electron chi connectivity index (χ4n) is 3.72. The summed E-state index contributed by atoms with van der Waals surface area (Å²) >= 11 is 3.41. The molecule has 0 saturated carbocycles. The summed E-state index contributed by atoms with van der Waals surface area (Å²) in [5, 5.41) is 0. The number of rotatable bonds is 6. The van der Waals surface area contributed by atoms with Crippen LogP contribution in [0.4, 0.5) is 0 Å². The molecule has 2 aromatic rings. The molecule has 0 N–H and O–H groups in total. The minimum Gasteiger partial charge on any atom is -0.496 e. The molecule has 0 spiro atoms. The van der Waals surface area contributed by atoms with Crippen LogP contribution in [-0.4, -0.2) is 31.9 Å². The van der Waals surface area contributed by atoms with Gasteiger partial charge in [0.2, 0.25) is 10.0 Å². The van der Waals surface area contributed by atoms with Crippen LogP contribution in [0.3, 0.4) is 0 Å². The molecule has 1 unspecified atom stereocenters. The molecule has 6 heteroatoms. The van der Waals surface area contributed by atoms with E-state index in [1.807, 2.05) is 51.1 Å². The Morgan fingerprint density at radius 3 is 2.37 bits per heavy atom. The number of benzene rings is 2. The van der Waals surface area contributed by atoms with Crippen LogP contribution in [0.25, 0.3) is 0 Å². The lowest BCUT2D eigenvalue weighted by molar-refractivity contribution is 0.410. The zero-order chi connectivity index (χ0) is 19.9. The molecule has 1 saturated heterocycles. The predicted molar refractivity (Wildman–Crippen MR) is 112 cm³/mol. The first-order chi connectivity index (χ1) is 12.7. The maximum Gasteiger partial charge on any atom is 0.244 e. The number of hydrogen-bond acceptors (Lipinski definition) is 3. The SMILES string of the molecule is C=C(Br)[C@H]1[C@H](Cc2ccccc2)N1S(=O)(=O)c1c(C)cc(OC)c(C)c1C. The van der Waals surface area contributed by atoms with Crippen LogP contribution in [0.15, 0.2) is 52.4 Å². The second-order valence-electron chi connectivity index (χ2n) is 6.96. The molecule has 0 aromatic heterocycles. The first-order valence-electron chi connectivity index (χ1n) is 8.76. The van der Waals surface area contributed by atoms with Gasteiger partial charge in [0.05, 0.1) is 24.1 Å². The van der Waals surface area contributed by atoms with Gasteiger partial charge in [0.1, 0.15) is 5.75 Å². The van der Waals surface area contributed by atoms with Gasteiger partial charge in [0.25, 0.3) is 0 Å². The van der Waals surface area contributed by atoms with Crippen LogP contribution >= 0.6 is 15.9 Å². The third-order valence-corrected chi connectivity index (χ3v) is 7.88. The molecule has 1 aliphatic heterocycles. The van der Waals surface area contributed by atoms with Crippen molar-refractivity contribution in [2.75, 3.05) is 7.11 Å². The van der Waals surface area contributed by atoms with Gasteiger partial charge in [-0.1, -0.05) is 52.8 Å². The molecular formula is C21H24BrNO3S. The van der Waals surface area contributed by atoms with Gasteiger partial charge >= 0.3 is 0 Å². The smallest absolute Gasteiger partial charge is 0.244 e. The van der Waals surface area contributed by atoms with E-state index in [1.165, 1.54) is 0 Å². The van der Waals surface area contributed by atoms with Crippen molar-refractivity contribution in [1.82, 2.24) is 4.31 Å². The second-order valence-corrected chi connectivity index (χ2v) is 9.76. The summed E-state index contributed by atoms with van der Waals surface area (Å²) < 4.78 is 34.7. The summed E-state index contributed by atoms with van der Waals surface area (Å²) in [5.74, 6) is 0.706. The number of methoxy groups -OCH3 is 1. The fourth-order valence-corrected chi connectivity index (χ4v) is 6.66. The molecule has 3 rings (SSSR count). The summed E-state index contributed by atoms with van der Waals surface area (Å²) in [4.78, 5) is 0.370. The van der Waals surface area contributed by atoms with Gasteiger partial charge in [-0.3, -0.25) is 0 Å². The van der Waals surface area contributed by atoms with Crippen molar-refractivity contribution in [3.8, 4) is 5.75 Å². The maximum absolute atomic E-state index is 13.5. The van der Waals surface area contributed by atoms with Crippen LogP contribution in [0, 0.1) is 20.8 Å². The maximum atomic E-state index is 13.5. The summed E-state index contributed by atoms with van der Waals surface area (Å²) in [6.07, 6.45) is 0.655. The highest BCUT2D eigenvalue weighted by Gasteiger charge is 2.56. The summed E-state index contributed by atoms with van der Waals surface area (Å²) in [7, 11) is -2.05. The number of aryl methyl sites for hydroxylation is 1. The Kier molecular flexibility index (Phi) is 5.52. The highest BCUT2D eigenvalue weighted by molar-refractivity contribution is 9.11. The monoisotopic (exact) mass is 449 g/mol. The first kappa shape index (κ1) is 20.1. The second kappa shape index (κ2) is 7.41. The summed E-state index contributed by atoms with van der Waals surface area (Å²) in [6.45, 7) is 9.49. The highest BCUT2D eigenvalue weighted by atomic mass is 79.9. The van der Waals surface area contributed by atoms with Crippen LogP contribution in [0.5, 0.6) is 5.75 Å². The molecule has 0 radical (unpaired) electrons. The third kappa shape index (κ3) is 3.58. The molecule has 1 fully saturated rings. The van der Waals surface area contributed by atoms with Crippen LogP contribution < -0.4 is 4.74 Å². The van der Waals surface area contributed by atoms with E-state index in [2.05, 4.69) is 22.5 Å². The molecule has 3 atom stereocenters. The Hall–Kier alpha value is -1.63. The van der Waals surface area contributed by atoms with Crippen molar-refractivity contribution < 1.29 is 13.2 Å². The van der Waals surface area contributed by atoms with E-state index < -0.39 is 10.0 Å². The third-order valence-electron chi connectivity index (χ3n) is 5.22. The first-order valence-corrected chi connectivity index (χ1v) is 11.0. The lowest BCUT2D eigenvalue weighted by Crippen LogP contribution is -2.19. The molecule has 0 bridgehead atoms. The van der Waals surface area contributed by atoms with Crippen molar-refractivity contribution in [3.63, 3.8) is 0 Å². The zero-order valence-corrected chi connectivity index (χ0v) is 18.4. The van der Waals surface area contributed by atoms with Crippen LogP contribution in [-0.2, 0) is 16.4 Å². The number of halogens is 1. The van der Waals surface area contributed by atoms with Gasteiger partial charge in [-0.05, 0) is 55.5 Å². The minimum atomic E-state index is -3.65. The van der Waals surface area contributed by atoms with Gasteiger partial charge in [-0.15, -0.1) is 0 Å². The normalized spacial score (nSPS) is 21.7.